The van der Waals surface area contributed by atoms with Crippen LogP contribution in [-0.2, 0) is 23.3 Å². The fraction of sp³-hybridized carbons (Fsp3) is 0.258. The third kappa shape index (κ3) is 7.62. The number of hydrogen-bond donors (Lipinski definition) is 3. The molecule has 0 bridgehead atoms. The van der Waals surface area contributed by atoms with Gasteiger partial charge in [0.05, 0.1) is 28.0 Å². The molecule has 0 saturated carbocycles. The lowest BCUT2D eigenvalue weighted by Crippen LogP contribution is -2.43. The zero-order chi connectivity index (χ0) is 33.3. The Bertz CT molecular complexity index is 1750. The average Bonchev–Trinajstić information content (AvgIpc) is 2.98. The molecule has 3 atom stereocenters. The van der Waals surface area contributed by atoms with E-state index in [1.54, 1.807) is 81.4 Å². The van der Waals surface area contributed by atoms with Crippen molar-refractivity contribution >= 4 is 28.3 Å². The fourth-order valence-electron chi connectivity index (χ4n) is 4.38. The molecule has 0 heterocycles. The SMILES string of the molecule is CC(C)(C)S(=O)Nc1c(NC(c2ccccc2)C(NC(=O)c2cc(C(F)(F)F)cc(C(F)(F)F)c2)c2ccccc2)c(=O)c1=O. The van der Waals surface area contributed by atoms with E-state index >= 15 is 0 Å². The largest absolute Gasteiger partial charge is 0.416 e. The molecule has 0 aromatic heterocycles. The summed E-state index contributed by atoms with van der Waals surface area (Å²) in [7, 11) is -1.81. The van der Waals surface area contributed by atoms with Gasteiger partial charge in [-0.05, 0) is 50.1 Å². The predicted molar refractivity (Wildman–Crippen MR) is 159 cm³/mol. The first-order chi connectivity index (χ1) is 20.9. The number of hydrogen-bond acceptors (Lipinski definition) is 5. The Morgan fingerprint density at radius 3 is 1.58 bits per heavy atom. The summed E-state index contributed by atoms with van der Waals surface area (Å²) in [6.07, 6.45) is -10.4. The van der Waals surface area contributed by atoms with Crippen LogP contribution in [-0.4, -0.2) is 14.9 Å². The van der Waals surface area contributed by atoms with Crippen LogP contribution in [0.15, 0.2) is 88.5 Å². The van der Waals surface area contributed by atoms with E-state index in [9.17, 15) is 44.9 Å². The van der Waals surface area contributed by atoms with Gasteiger partial charge in [0.2, 0.25) is 0 Å². The number of carbonyl (C=O) groups excluding carboxylic acids is 1. The van der Waals surface area contributed by atoms with Crippen molar-refractivity contribution in [1.82, 2.24) is 5.32 Å². The van der Waals surface area contributed by atoms with E-state index in [1.807, 2.05) is 0 Å². The molecule has 45 heavy (non-hydrogen) atoms. The van der Waals surface area contributed by atoms with Crippen LogP contribution in [0.2, 0.25) is 0 Å². The molecule has 3 N–H and O–H groups in total. The summed E-state index contributed by atoms with van der Waals surface area (Å²) >= 11 is 0. The number of halogens is 6. The zero-order valence-electron chi connectivity index (χ0n) is 24.0. The number of carbonyl (C=O) groups is 1. The molecule has 0 fully saturated rings. The fourth-order valence-corrected chi connectivity index (χ4v) is 5.06. The lowest BCUT2D eigenvalue weighted by Gasteiger charge is -2.32. The average molecular weight is 652 g/mol. The molecule has 0 saturated heterocycles. The van der Waals surface area contributed by atoms with Crippen LogP contribution >= 0.6 is 0 Å². The number of amides is 1. The minimum atomic E-state index is -5.18. The summed E-state index contributed by atoms with van der Waals surface area (Å²) in [5.74, 6) is -1.26. The van der Waals surface area contributed by atoms with Crippen LogP contribution in [0.4, 0.5) is 37.7 Å². The Morgan fingerprint density at radius 1 is 0.689 bits per heavy atom. The molecule has 0 radical (unpaired) electrons. The monoisotopic (exact) mass is 651 g/mol. The van der Waals surface area contributed by atoms with Gasteiger partial charge in [-0.15, -0.1) is 0 Å². The van der Waals surface area contributed by atoms with Crippen LogP contribution in [0.1, 0.15) is 65.5 Å². The van der Waals surface area contributed by atoms with Gasteiger partial charge in [0, 0.05) is 5.56 Å². The van der Waals surface area contributed by atoms with Gasteiger partial charge in [-0.3, -0.25) is 19.1 Å². The normalized spacial score (nSPS) is 14.4. The third-order valence-corrected chi connectivity index (χ3v) is 8.25. The second-order valence-corrected chi connectivity index (χ2v) is 13.0. The van der Waals surface area contributed by atoms with Crippen LogP contribution in [0.25, 0.3) is 0 Å². The topological polar surface area (TPSA) is 104 Å². The maximum atomic E-state index is 13.5. The Balaban J connectivity index is 1.82. The van der Waals surface area contributed by atoms with Gasteiger partial charge in [-0.1, -0.05) is 60.7 Å². The highest BCUT2D eigenvalue weighted by molar-refractivity contribution is 7.87. The molecule has 238 valence electrons. The highest BCUT2D eigenvalue weighted by atomic mass is 32.2. The van der Waals surface area contributed by atoms with Gasteiger partial charge < -0.3 is 10.6 Å². The number of anilines is 2. The molecular formula is C31H27F6N3O4S. The number of alkyl halides is 6. The lowest BCUT2D eigenvalue weighted by atomic mass is 9.92. The summed E-state index contributed by atoms with van der Waals surface area (Å²) in [6, 6.07) is 14.4. The van der Waals surface area contributed by atoms with E-state index in [-0.39, 0.29) is 17.4 Å². The Kier molecular flexibility index (Phi) is 9.29. The van der Waals surface area contributed by atoms with Crippen LogP contribution in [0, 0.1) is 0 Å². The molecule has 7 nitrogen and oxygen atoms in total. The molecular weight excluding hydrogens is 624 g/mol. The van der Waals surface area contributed by atoms with Gasteiger partial charge in [-0.25, -0.2) is 4.21 Å². The lowest BCUT2D eigenvalue weighted by molar-refractivity contribution is -0.143. The van der Waals surface area contributed by atoms with Gasteiger partial charge in [-0.2, -0.15) is 26.3 Å². The van der Waals surface area contributed by atoms with Crippen molar-refractivity contribution in [3.8, 4) is 0 Å². The summed E-state index contributed by atoms with van der Waals surface area (Å²) in [5, 5.41) is 5.45. The first-order valence-electron chi connectivity index (χ1n) is 13.4. The smallest absolute Gasteiger partial charge is 0.371 e. The molecule has 0 aliphatic rings. The summed E-state index contributed by atoms with van der Waals surface area (Å²) in [4.78, 5) is 38.7. The van der Waals surface area contributed by atoms with Crippen molar-refractivity contribution in [3.05, 3.63) is 127 Å². The Hall–Kier alpha value is -4.46. The Labute approximate surface area is 256 Å². The molecule has 1 amide bonds. The zero-order valence-corrected chi connectivity index (χ0v) is 24.8. The van der Waals surface area contributed by atoms with Crippen LogP contribution in [0.3, 0.4) is 0 Å². The molecule has 0 aliphatic heterocycles. The van der Waals surface area contributed by atoms with E-state index in [0.29, 0.717) is 23.3 Å². The van der Waals surface area contributed by atoms with E-state index in [0.717, 1.165) is 0 Å². The maximum absolute atomic E-state index is 13.5. The maximum Gasteiger partial charge on any atom is 0.416 e. The first-order valence-corrected chi connectivity index (χ1v) is 14.5. The molecule has 4 aromatic carbocycles. The summed E-state index contributed by atoms with van der Waals surface area (Å²) < 4.78 is 95.7. The highest BCUT2D eigenvalue weighted by Gasteiger charge is 2.38. The number of nitrogens with one attached hydrogen (secondary N) is 3. The van der Waals surface area contributed by atoms with Crippen molar-refractivity contribution in [1.29, 1.82) is 0 Å². The van der Waals surface area contributed by atoms with Gasteiger partial charge in [0.1, 0.15) is 22.4 Å². The highest BCUT2D eigenvalue weighted by Crippen LogP contribution is 2.38. The van der Waals surface area contributed by atoms with Crippen LogP contribution in [0.5, 0.6) is 0 Å². The molecule has 4 aromatic rings. The van der Waals surface area contributed by atoms with Crippen molar-refractivity contribution in [3.63, 3.8) is 0 Å². The standard InChI is InChI=1S/C31H27F6N3O4S/c1-29(2,3)45(44)40-25-24(26(41)27(25)42)38-22(17-10-6-4-7-11-17)23(18-12-8-5-9-13-18)39-28(43)19-14-20(30(32,33)34)16-21(15-19)31(35,36)37/h4-16,22-23,38,40H,1-3H3,(H,39,43). The third-order valence-electron chi connectivity index (χ3n) is 6.75. The Morgan fingerprint density at radius 2 is 1.13 bits per heavy atom. The van der Waals surface area contributed by atoms with E-state index in [2.05, 4.69) is 15.4 Å². The van der Waals surface area contributed by atoms with E-state index in [4.69, 9.17) is 0 Å². The van der Waals surface area contributed by atoms with Crippen molar-refractivity contribution in [2.75, 3.05) is 10.0 Å². The molecule has 14 heteroatoms. The number of rotatable bonds is 9. The molecule has 3 unspecified atom stereocenters. The van der Waals surface area contributed by atoms with Crippen molar-refractivity contribution < 1.29 is 35.3 Å². The van der Waals surface area contributed by atoms with E-state index < -0.39 is 73.6 Å². The molecule has 4 rings (SSSR count). The van der Waals surface area contributed by atoms with E-state index in [1.165, 1.54) is 0 Å². The molecule has 0 spiro atoms. The number of benzene rings is 3. The quantitative estimate of drug-likeness (QED) is 0.141. The predicted octanol–water partition coefficient (Wildman–Crippen LogP) is 6.52. The molecule has 0 aliphatic carbocycles. The van der Waals surface area contributed by atoms with Crippen molar-refractivity contribution in [2.45, 2.75) is 50.0 Å². The summed E-state index contributed by atoms with van der Waals surface area (Å²) in [6.45, 7) is 4.92. The minimum Gasteiger partial charge on any atom is -0.371 e. The van der Waals surface area contributed by atoms with Crippen molar-refractivity contribution in [2.24, 2.45) is 0 Å². The first kappa shape index (κ1) is 33.4. The van der Waals surface area contributed by atoms with Gasteiger partial charge in [0.25, 0.3) is 16.8 Å². The van der Waals surface area contributed by atoms with Crippen LogP contribution < -0.4 is 26.2 Å². The second-order valence-electron chi connectivity index (χ2n) is 11.1. The minimum absolute atomic E-state index is 0.0818. The van der Waals surface area contributed by atoms with Gasteiger partial charge in [0.15, 0.2) is 0 Å². The summed E-state index contributed by atoms with van der Waals surface area (Å²) in [5.41, 5.74) is -5.84. The van der Waals surface area contributed by atoms with Gasteiger partial charge >= 0.3 is 12.4 Å². The second kappa shape index (κ2) is 12.5.